The minimum atomic E-state index is -1.05. The zero-order chi connectivity index (χ0) is 23.2. The number of allylic oxidation sites excluding steroid dienone is 4. The fourth-order valence-electron chi connectivity index (χ4n) is 3.79. The summed E-state index contributed by atoms with van der Waals surface area (Å²) in [7, 11) is 0. The molecule has 4 heteroatoms. The highest BCUT2D eigenvalue weighted by molar-refractivity contribution is 5.65. The molecule has 172 valence electrons. The van der Waals surface area contributed by atoms with E-state index in [1.807, 2.05) is 13.0 Å². The monoisotopic (exact) mass is 428 g/mol. The summed E-state index contributed by atoms with van der Waals surface area (Å²) in [6, 6.07) is 3.48. The van der Waals surface area contributed by atoms with Crippen molar-refractivity contribution in [2.24, 2.45) is 0 Å². The standard InChI is InChI=1S/C27H40O4/c1-19(9-7-10-20(2)12-13-24(29)26(4,5)30)11-8-15-27(6)16-14-22-18-23(28)17-21(3)25(22)31-27/h10-11,14,16-18,24,28-30H,7-9,12-13,15H2,1-6H3/b19-11+,20-10+/t24-,27-/m1/s1. The predicted molar refractivity (Wildman–Crippen MR) is 128 cm³/mol. The number of hydrogen-bond donors (Lipinski definition) is 3. The molecule has 2 atom stereocenters. The lowest BCUT2D eigenvalue weighted by Gasteiger charge is -2.32. The molecule has 0 saturated carbocycles. The molecule has 1 aliphatic heterocycles. The summed E-state index contributed by atoms with van der Waals surface area (Å²) in [6.45, 7) is 11.6. The fourth-order valence-corrected chi connectivity index (χ4v) is 3.79. The van der Waals surface area contributed by atoms with Crippen molar-refractivity contribution in [1.29, 1.82) is 0 Å². The van der Waals surface area contributed by atoms with Crippen molar-refractivity contribution in [1.82, 2.24) is 0 Å². The summed E-state index contributed by atoms with van der Waals surface area (Å²) >= 11 is 0. The van der Waals surface area contributed by atoms with E-state index in [1.54, 1.807) is 26.0 Å². The maximum Gasteiger partial charge on any atom is 0.131 e. The number of phenolic OH excluding ortho intramolecular Hbond substituents is 1. The van der Waals surface area contributed by atoms with Crippen molar-refractivity contribution in [3.63, 3.8) is 0 Å². The van der Waals surface area contributed by atoms with Gasteiger partial charge in [0.25, 0.3) is 0 Å². The molecule has 2 rings (SSSR count). The van der Waals surface area contributed by atoms with Gasteiger partial charge in [-0.15, -0.1) is 0 Å². The Morgan fingerprint density at radius 2 is 1.77 bits per heavy atom. The van der Waals surface area contributed by atoms with Gasteiger partial charge in [-0.2, -0.15) is 0 Å². The highest BCUT2D eigenvalue weighted by Crippen LogP contribution is 2.38. The van der Waals surface area contributed by atoms with Gasteiger partial charge in [0, 0.05) is 5.56 Å². The Labute approximate surface area is 188 Å². The number of aliphatic hydroxyl groups is 2. The summed E-state index contributed by atoms with van der Waals surface area (Å²) in [5, 5.41) is 29.5. The minimum Gasteiger partial charge on any atom is -0.508 e. The molecular formula is C27H40O4. The molecule has 1 aromatic rings. The fraction of sp³-hybridized carbons (Fsp3) is 0.556. The Balaban J connectivity index is 1.79. The molecule has 0 radical (unpaired) electrons. The van der Waals surface area contributed by atoms with E-state index in [2.05, 4.69) is 39.0 Å². The lowest BCUT2D eigenvalue weighted by molar-refractivity contribution is -0.0509. The number of aryl methyl sites for hydroxylation is 1. The summed E-state index contributed by atoms with van der Waals surface area (Å²) < 4.78 is 6.29. The Morgan fingerprint density at radius 1 is 1.13 bits per heavy atom. The molecule has 0 amide bonds. The van der Waals surface area contributed by atoms with E-state index in [9.17, 15) is 15.3 Å². The van der Waals surface area contributed by atoms with Crippen LogP contribution in [0.25, 0.3) is 6.08 Å². The lowest BCUT2D eigenvalue weighted by Crippen LogP contribution is -2.35. The van der Waals surface area contributed by atoms with Gasteiger partial charge in [-0.05, 0) is 104 Å². The van der Waals surface area contributed by atoms with Crippen molar-refractivity contribution in [2.45, 2.75) is 97.4 Å². The Bertz CT molecular complexity index is 842. The van der Waals surface area contributed by atoms with E-state index in [0.29, 0.717) is 6.42 Å². The van der Waals surface area contributed by atoms with E-state index in [-0.39, 0.29) is 11.4 Å². The third-order valence-corrected chi connectivity index (χ3v) is 6.03. The molecule has 1 aliphatic rings. The first kappa shape index (κ1) is 25.2. The number of hydrogen-bond acceptors (Lipinski definition) is 4. The van der Waals surface area contributed by atoms with Gasteiger partial charge in [0.1, 0.15) is 17.1 Å². The van der Waals surface area contributed by atoms with Gasteiger partial charge < -0.3 is 20.1 Å². The van der Waals surface area contributed by atoms with E-state index >= 15 is 0 Å². The summed E-state index contributed by atoms with van der Waals surface area (Å²) in [5.74, 6) is 1.13. The molecule has 1 aromatic carbocycles. The molecule has 0 aromatic heterocycles. The van der Waals surface area contributed by atoms with Gasteiger partial charge in [-0.25, -0.2) is 0 Å². The van der Waals surface area contributed by atoms with Crippen LogP contribution in [0.3, 0.4) is 0 Å². The van der Waals surface area contributed by atoms with Crippen LogP contribution in [0, 0.1) is 6.92 Å². The molecule has 3 N–H and O–H groups in total. The van der Waals surface area contributed by atoms with Gasteiger partial charge in [-0.1, -0.05) is 29.4 Å². The van der Waals surface area contributed by atoms with Gasteiger partial charge in [-0.3, -0.25) is 0 Å². The lowest BCUT2D eigenvalue weighted by atomic mass is 9.93. The van der Waals surface area contributed by atoms with Gasteiger partial charge in [0.15, 0.2) is 0 Å². The molecule has 0 saturated heterocycles. The SMILES string of the molecule is C/C(=C\CC[C@]1(C)C=Cc2cc(O)cc(C)c2O1)CC/C=C(\C)CC[C@@H](O)C(C)(C)O. The number of fused-ring (bicyclic) bond motifs is 1. The van der Waals surface area contributed by atoms with Crippen LogP contribution in [0.5, 0.6) is 11.5 Å². The van der Waals surface area contributed by atoms with E-state index < -0.39 is 11.7 Å². The van der Waals surface area contributed by atoms with Crippen molar-refractivity contribution in [3.05, 3.63) is 52.6 Å². The average molecular weight is 429 g/mol. The first-order valence-electron chi connectivity index (χ1n) is 11.3. The van der Waals surface area contributed by atoms with Crippen LogP contribution < -0.4 is 4.74 Å². The summed E-state index contributed by atoms with van der Waals surface area (Å²) in [5.41, 5.74) is 3.11. The molecular weight excluding hydrogens is 388 g/mol. The van der Waals surface area contributed by atoms with Crippen LogP contribution in [0.1, 0.15) is 84.3 Å². The highest BCUT2D eigenvalue weighted by atomic mass is 16.5. The zero-order valence-corrected chi connectivity index (χ0v) is 20.0. The Kier molecular flexibility index (Phi) is 8.56. The number of benzene rings is 1. The average Bonchev–Trinajstić information content (AvgIpc) is 2.66. The van der Waals surface area contributed by atoms with Crippen LogP contribution in [0.15, 0.2) is 41.5 Å². The predicted octanol–water partition coefficient (Wildman–Crippen LogP) is 6.23. The molecule has 0 spiro atoms. The second-order valence-corrected chi connectivity index (χ2v) is 9.82. The number of rotatable bonds is 10. The molecule has 0 unspecified atom stereocenters. The highest BCUT2D eigenvalue weighted by Gasteiger charge is 2.28. The van der Waals surface area contributed by atoms with Crippen LogP contribution in [-0.4, -0.2) is 32.6 Å². The number of phenols is 1. The van der Waals surface area contributed by atoms with Crippen molar-refractivity contribution in [3.8, 4) is 11.5 Å². The van der Waals surface area contributed by atoms with Crippen molar-refractivity contribution >= 4 is 6.08 Å². The third kappa shape index (κ3) is 7.86. The molecule has 31 heavy (non-hydrogen) atoms. The first-order valence-corrected chi connectivity index (χ1v) is 11.3. The summed E-state index contributed by atoms with van der Waals surface area (Å²) in [4.78, 5) is 0. The Hall–Kier alpha value is -2.04. The van der Waals surface area contributed by atoms with Gasteiger partial charge >= 0.3 is 0 Å². The molecule has 0 bridgehead atoms. The van der Waals surface area contributed by atoms with Crippen molar-refractivity contribution < 1.29 is 20.1 Å². The second kappa shape index (κ2) is 10.5. The maximum absolute atomic E-state index is 9.94. The first-order chi connectivity index (χ1) is 14.4. The van der Waals surface area contributed by atoms with Crippen LogP contribution in [0.2, 0.25) is 0 Å². The maximum atomic E-state index is 9.94. The van der Waals surface area contributed by atoms with Crippen LogP contribution in [-0.2, 0) is 0 Å². The van der Waals surface area contributed by atoms with E-state index in [1.165, 1.54) is 11.1 Å². The topological polar surface area (TPSA) is 69.9 Å². The minimum absolute atomic E-state index is 0.268. The third-order valence-electron chi connectivity index (χ3n) is 6.03. The molecule has 0 aliphatic carbocycles. The van der Waals surface area contributed by atoms with Crippen LogP contribution in [0.4, 0.5) is 0 Å². The number of aromatic hydroxyl groups is 1. The van der Waals surface area contributed by atoms with Crippen molar-refractivity contribution in [2.75, 3.05) is 0 Å². The Morgan fingerprint density at radius 3 is 2.45 bits per heavy atom. The van der Waals surface area contributed by atoms with Gasteiger partial charge in [0.05, 0.1) is 11.7 Å². The molecule has 0 fully saturated rings. The quantitative estimate of drug-likeness (QED) is 0.386. The number of ether oxygens (including phenoxy) is 1. The number of aliphatic hydroxyl groups excluding tert-OH is 1. The van der Waals surface area contributed by atoms with E-state index in [0.717, 1.165) is 49.0 Å². The largest absolute Gasteiger partial charge is 0.508 e. The molecule has 1 heterocycles. The van der Waals surface area contributed by atoms with E-state index in [4.69, 9.17) is 4.74 Å². The summed E-state index contributed by atoms with van der Waals surface area (Å²) in [6.07, 6.45) is 13.2. The van der Waals surface area contributed by atoms with Crippen LogP contribution >= 0.6 is 0 Å². The van der Waals surface area contributed by atoms with Gasteiger partial charge in [0.2, 0.25) is 0 Å². The normalized spacial score (nSPS) is 20.4. The second-order valence-electron chi connectivity index (χ2n) is 9.82. The smallest absolute Gasteiger partial charge is 0.131 e. The zero-order valence-electron chi connectivity index (χ0n) is 20.0. The molecule has 4 nitrogen and oxygen atoms in total.